The van der Waals surface area contributed by atoms with E-state index in [1.807, 2.05) is 24.3 Å². The fourth-order valence-electron chi connectivity index (χ4n) is 4.11. The van der Waals surface area contributed by atoms with Crippen LogP contribution in [-0.4, -0.2) is 48.7 Å². The second-order valence-corrected chi connectivity index (χ2v) is 8.75. The Kier molecular flexibility index (Phi) is 4.05. The molecule has 2 unspecified atom stereocenters. The number of hydrogen-bond acceptors (Lipinski definition) is 5. The van der Waals surface area contributed by atoms with E-state index >= 15 is 0 Å². The maximum Gasteiger partial charge on any atom is 0.494 e. The second-order valence-electron chi connectivity index (χ2n) is 8.75. The van der Waals surface area contributed by atoms with Crippen molar-refractivity contribution in [3.05, 3.63) is 29.8 Å². The quantitative estimate of drug-likeness (QED) is 0.792. The largest absolute Gasteiger partial charge is 0.494 e. The summed E-state index contributed by atoms with van der Waals surface area (Å²) in [6.07, 6.45) is 1.33. The van der Waals surface area contributed by atoms with Crippen molar-refractivity contribution in [1.29, 1.82) is 0 Å². The summed E-state index contributed by atoms with van der Waals surface area (Å²) in [7, 11) is -0.405. The number of benzene rings is 1. The van der Waals surface area contributed by atoms with Crippen LogP contribution in [0.4, 0.5) is 0 Å². The molecule has 3 fully saturated rings. The Morgan fingerprint density at radius 2 is 1.64 bits per heavy atom. The van der Waals surface area contributed by atoms with Gasteiger partial charge in [-0.15, -0.1) is 0 Å². The van der Waals surface area contributed by atoms with Gasteiger partial charge in [0.25, 0.3) is 0 Å². The molecule has 3 heterocycles. The van der Waals surface area contributed by atoms with Gasteiger partial charge in [0.2, 0.25) is 0 Å². The van der Waals surface area contributed by atoms with Crippen molar-refractivity contribution in [2.24, 2.45) is 0 Å². The third kappa shape index (κ3) is 3.04. The van der Waals surface area contributed by atoms with Crippen LogP contribution in [-0.2, 0) is 19.6 Å². The van der Waals surface area contributed by atoms with Crippen LogP contribution < -0.4 is 10.8 Å². The molecule has 0 saturated carbocycles. The predicted octanol–water partition coefficient (Wildman–Crippen LogP) is 1.32. The van der Waals surface area contributed by atoms with Crippen LogP contribution in [0.3, 0.4) is 0 Å². The van der Waals surface area contributed by atoms with E-state index in [1.54, 1.807) is 0 Å². The van der Waals surface area contributed by atoms with E-state index in [0.717, 1.165) is 11.0 Å². The van der Waals surface area contributed by atoms with Crippen LogP contribution in [0.2, 0.25) is 0 Å². The van der Waals surface area contributed by atoms with Gasteiger partial charge in [-0.1, -0.05) is 24.3 Å². The van der Waals surface area contributed by atoms with Crippen molar-refractivity contribution in [2.45, 2.75) is 69.4 Å². The van der Waals surface area contributed by atoms with Crippen molar-refractivity contribution < 1.29 is 19.2 Å². The number of rotatable bonds is 2. The summed E-state index contributed by atoms with van der Waals surface area (Å²) in [6, 6.07) is 8.47. The highest BCUT2D eigenvalue weighted by atomic mass is 16.7. The Hall–Kier alpha value is -0.915. The summed E-state index contributed by atoms with van der Waals surface area (Å²) in [4.78, 5) is 0. The molecule has 0 aliphatic carbocycles. The zero-order chi connectivity index (χ0) is 17.9. The molecule has 0 spiro atoms. The van der Waals surface area contributed by atoms with Crippen LogP contribution >= 0.6 is 0 Å². The number of nitrogens with one attached hydrogen (secondary N) is 1. The summed E-state index contributed by atoms with van der Waals surface area (Å²) in [6.45, 7) is 9.54. The number of piperidine rings is 1. The molecule has 3 aliphatic heterocycles. The summed E-state index contributed by atoms with van der Waals surface area (Å²) in [5.74, 6) is 0. The lowest BCUT2D eigenvalue weighted by atomic mass is 9.73. The van der Waals surface area contributed by atoms with E-state index in [-0.39, 0.29) is 23.3 Å². The summed E-state index contributed by atoms with van der Waals surface area (Å²) < 4.78 is 17.9. The van der Waals surface area contributed by atoms with E-state index in [2.05, 4.69) is 33.0 Å². The average molecular weight is 345 g/mol. The zero-order valence-electron chi connectivity index (χ0n) is 15.5. The minimum atomic E-state index is -0.829. The van der Waals surface area contributed by atoms with Gasteiger partial charge in [0.1, 0.15) is 0 Å². The molecule has 2 bridgehead atoms. The smallest absolute Gasteiger partial charge is 0.399 e. The van der Waals surface area contributed by atoms with Gasteiger partial charge in [0, 0.05) is 12.1 Å². The Labute approximate surface area is 150 Å². The summed E-state index contributed by atoms with van der Waals surface area (Å²) >= 11 is 0. The molecule has 0 radical (unpaired) electrons. The molecule has 2 N–H and O–H groups in total. The lowest BCUT2D eigenvalue weighted by molar-refractivity contribution is -0.0802. The standard InChI is InChI=1S/C19H28BNO4/c1-17(2)18(3,4)25-20(24-17)14-7-5-6-13(8-14)19(22)9-15-11-23-12-16(10-19)21-15/h5-8,15-16,21-22H,9-12H2,1-4H3. The molecule has 25 heavy (non-hydrogen) atoms. The highest BCUT2D eigenvalue weighted by Gasteiger charge is 2.52. The Morgan fingerprint density at radius 3 is 2.24 bits per heavy atom. The molecule has 0 aromatic heterocycles. The first-order valence-electron chi connectivity index (χ1n) is 9.21. The maximum absolute atomic E-state index is 11.3. The van der Waals surface area contributed by atoms with Gasteiger partial charge in [0.05, 0.1) is 30.0 Å². The fourth-order valence-corrected chi connectivity index (χ4v) is 4.11. The van der Waals surface area contributed by atoms with Crippen molar-refractivity contribution in [3.8, 4) is 0 Å². The number of fused-ring (bicyclic) bond motifs is 2. The van der Waals surface area contributed by atoms with Crippen LogP contribution in [0, 0.1) is 0 Å². The number of aliphatic hydroxyl groups is 1. The first-order chi connectivity index (χ1) is 11.7. The maximum atomic E-state index is 11.3. The highest BCUT2D eigenvalue weighted by Crippen LogP contribution is 2.38. The topological polar surface area (TPSA) is 60.0 Å². The molecule has 6 heteroatoms. The van der Waals surface area contributed by atoms with E-state index in [0.29, 0.717) is 26.1 Å². The van der Waals surface area contributed by atoms with Crippen LogP contribution in [0.1, 0.15) is 46.1 Å². The lowest BCUT2D eigenvalue weighted by Crippen LogP contribution is -2.58. The summed E-state index contributed by atoms with van der Waals surface area (Å²) in [5.41, 5.74) is 0.341. The Bertz CT molecular complexity index is 635. The van der Waals surface area contributed by atoms with Gasteiger partial charge >= 0.3 is 7.12 Å². The first-order valence-corrected chi connectivity index (χ1v) is 9.21. The van der Waals surface area contributed by atoms with Gasteiger partial charge in [-0.2, -0.15) is 0 Å². The van der Waals surface area contributed by atoms with Crippen LogP contribution in [0.15, 0.2) is 24.3 Å². The molecular weight excluding hydrogens is 317 g/mol. The zero-order valence-corrected chi connectivity index (χ0v) is 15.5. The molecule has 136 valence electrons. The molecule has 3 aliphatic rings. The minimum absolute atomic E-state index is 0.206. The molecule has 5 nitrogen and oxygen atoms in total. The van der Waals surface area contributed by atoms with E-state index < -0.39 is 12.7 Å². The van der Waals surface area contributed by atoms with Crippen LogP contribution in [0.5, 0.6) is 0 Å². The van der Waals surface area contributed by atoms with Gasteiger partial charge < -0.3 is 24.5 Å². The molecule has 0 amide bonds. The lowest BCUT2D eigenvalue weighted by Gasteiger charge is -2.45. The number of ether oxygens (including phenoxy) is 1. The molecule has 1 aromatic carbocycles. The minimum Gasteiger partial charge on any atom is -0.399 e. The van der Waals surface area contributed by atoms with Gasteiger partial charge in [-0.05, 0) is 51.6 Å². The molecule has 2 atom stereocenters. The fraction of sp³-hybridized carbons (Fsp3) is 0.684. The normalized spacial score (nSPS) is 36.4. The number of hydrogen-bond donors (Lipinski definition) is 2. The highest BCUT2D eigenvalue weighted by molar-refractivity contribution is 6.62. The van der Waals surface area contributed by atoms with Crippen molar-refractivity contribution in [3.63, 3.8) is 0 Å². The average Bonchev–Trinajstić information content (AvgIpc) is 2.75. The molecule has 3 saturated heterocycles. The molecule has 4 rings (SSSR count). The third-order valence-corrected chi connectivity index (χ3v) is 6.23. The molecule has 1 aromatic rings. The predicted molar refractivity (Wildman–Crippen MR) is 96.8 cm³/mol. The first kappa shape index (κ1) is 17.5. The monoisotopic (exact) mass is 345 g/mol. The second kappa shape index (κ2) is 5.79. The van der Waals surface area contributed by atoms with E-state index in [4.69, 9.17) is 14.0 Å². The Balaban J connectivity index is 1.60. The Morgan fingerprint density at radius 1 is 1.04 bits per heavy atom. The van der Waals surface area contributed by atoms with Crippen molar-refractivity contribution in [2.75, 3.05) is 13.2 Å². The van der Waals surface area contributed by atoms with Gasteiger partial charge in [-0.3, -0.25) is 0 Å². The van der Waals surface area contributed by atoms with Gasteiger partial charge in [0.15, 0.2) is 0 Å². The third-order valence-electron chi connectivity index (χ3n) is 6.23. The van der Waals surface area contributed by atoms with Crippen molar-refractivity contribution in [1.82, 2.24) is 5.32 Å². The summed E-state index contributed by atoms with van der Waals surface area (Å²) in [5, 5.41) is 14.9. The SMILES string of the molecule is CC1(C)OB(c2cccc(C3(O)CC4COCC(C3)N4)c2)OC1(C)C. The molecular formula is C19H28BNO4. The van der Waals surface area contributed by atoms with Crippen LogP contribution in [0.25, 0.3) is 0 Å². The van der Waals surface area contributed by atoms with E-state index in [9.17, 15) is 5.11 Å². The van der Waals surface area contributed by atoms with Crippen molar-refractivity contribution >= 4 is 12.6 Å². The number of morpholine rings is 1. The van der Waals surface area contributed by atoms with E-state index in [1.165, 1.54) is 0 Å². The van der Waals surface area contributed by atoms with Gasteiger partial charge in [-0.25, -0.2) is 0 Å².